The second-order valence-electron chi connectivity index (χ2n) is 9.08. The quantitative estimate of drug-likeness (QED) is 0.425. The summed E-state index contributed by atoms with van der Waals surface area (Å²) >= 11 is 0. The van der Waals surface area contributed by atoms with Gasteiger partial charge in [-0.05, 0) is 39.7 Å². The summed E-state index contributed by atoms with van der Waals surface area (Å²) in [6, 6.07) is 28.6. The minimum atomic E-state index is -0.518. The Labute approximate surface area is 190 Å². The third-order valence-electron chi connectivity index (χ3n) is 5.50. The predicted molar refractivity (Wildman–Crippen MR) is 130 cm³/mol. The molecule has 1 fully saturated rings. The molecule has 0 radical (unpaired) electrons. The summed E-state index contributed by atoms with van der Waals surface area (Å²) < 4.78 is 5.68. The fourth-order valence-corrected chi connectivity index (χ4v) is 4.11. The number of carbonyl (C=O) groups excluding carboxylic acids is 1. The van der Waals surface area contributed by atoms with Crippen molar-refractivity contribution >= 4 is 17.5 Å². The summed E-state index contributed by atoms with van der Waals surface area (Å²) in [6.45, 7) is 6.41. The first-order valence-electron chi connectivity index (χ1n) is 11.2. The van der Waals surface area contributed by atoms with Crippen molar-refractivity contribution < 1.29 is 9.53 Å². The zero-order chi connectivity index (χ0) is 22.6. The van der Waals surface area contributed by atoms with Gasteiger partial charge in [-0.25, -0.2) is 9.79 Å². The largest absolute Gasteiger partial charge is 0.444 e. The standard InChI is InChI=1S/C28H30N2O2/c1-28(2,3)32-27(31)30-20-12-19-25(30)23-17-10-11-18-24(23)29-26(21-13-6-4-7-14-21)22-15-8-5-9-16-22/h4-11,13-18,25H,12,19-20H2,1-3H3/t25-/m0/s1. The monoisotopic (exact) mass is 426 g/mol. The van der Waals surface area contributed by atoms with Crippen molar-refractivity contribution in [2.45, 2.75) is 45.3 Å². The summed E-state index contributed by atoms with van der Waals surface area (Å²) in [4.78, 5) is 19.9. The van der Waals surface area contributed by atoms with Gasteiger partial charge < -0.3 is 9.64 Å². The van der Waals surface area contributed by atoms with E-state index in [9.17, 15) is 4.79 Å². The van der Waals surface area contributed by atoms with Crippen LogP contribution in [0.25, 0.3) is 0 Å². The highest BCUT2D eigenvalue weighted by atomic mass is 16.6. The average Bonchev–Trinajstić information content (AvgIpc) is 3.28. The molecule has 32 heavy (non-hydrogen) atoms. The molecule has 3 aromatic rings. The lowest BCUT2D eigenvalue weighted by atomic mass is 10.00. The number of amides is 1. The number of rotatable bonds is 4. The van der Waals surface area contributed by atoms with E-state index < -0.39 is 5.60 Å². The summed E-state index contributed by atoms with van der Waals surface area (Å²) in [5, 5.41) is 0. The first-order valence-corrected chi connectivity index (χ1v) is 11.2. The second kappa shape index (κ2) is 9.39. The molecule has 4 nitrogen and oxygen atoms in total. The summed E-state index contributed by atoms with van der Waals surface area (Å²) in [7, 11) is 0. The van der Waals surface area contributed by atoms with E-state index in [0.29, 0.717) is 6.54 Å². The van der Waals surface area contributed by atoms with Crippen molar-refractivity contribution in [1.82, 2.24) is 4.90 Å². The Morgan fingerprint density at radius 2 is 1.44 bits per heavy atom. The van der Waals surface area contributed by atoms with Gasteiger partial charge in [-0.1, -0.05) is 78.9 Å². The van der Waals surface area contributed by atoms with Gasteiger partial charge in [0.2, 0.25) is 0 Å². The van der Waals surface area contributed by atoms with Crippen LogP contribution in [-0.4, -0.2) is 28.9 Å². The van der Waals surface area contributed by atoms with Crippen molar-refractivity contribution in [1.29, 1.82) is 0 Å². The van der Waals surface area contributed by atoms with Crippen LogP contribution in [0.4, 0.5) is 10.5 Å². The maximum absolute atomic E-state index is 12.9. The molecule has 4 rings (SSSR count). The second-order valence-corrected chi connectivity index (χ2v) is 9.08. The Morgan fingerprint density at radius 1 is 0.875 bits per heavy atom. The van der Waals surface area contributed by atoms with E-state index in [-0.39, 0.29) is 12.1 Å². The van der Waals surface area contributed by atoms with Gasteiger partial charge in [0.05, 0.1) is 17.4 Å². The molecule has 0 aliphatic carbocycles. The summed E-state index contributed by atoms with van der Waals surface area (Å²) in [6.07, 6.45) is 1.59. The molecule has 1 aliphatic rings. The van der Waals surface area contributed by atoms with Crippen LogP contribution in [0, 0.1) is 0 Å². The van der Waals surface area contributed by atoms with Gasteiger partial charge in [0.1, 0.15) is 5.60 Å². The molecule has 4 heteroatoms. The molecule has 0 N–H and O–H groups in total. The molecule has 1 amide bonds. The van der Waals surface area contributed by atoms with E-state index in [2.05, 4.69) is 30.3 Å². The van der Waals surface area contributed by atoms with E-state index >= 15 is 0 Å². The van der Waals surface area contributed by atoms with Crippen LogP contribution < -0.4 is 0 Å². The molecular formula is C28H30N2O2. The molecular weight excluding hydrogens is 396 g/mol. The molecule has 1 saturated heterocycles. The Kier molecular flexibility index (Phi) is 6.40. The number of ether oxygens (including phenoxy) is 1. The van der Waals surface area contributed by atoms with Crippen LogP contribution >= 0.6 is 0 Å². The third-order valence-corrected chi connectivity index (χ3v) is 5.50. The molecule has 0 saturated carbocycles. The van der Waals surface area contributed by atoms with Gasteiger partial charge in [-0.2, -0.15) is 0 Å². The minimum absolute atomic E-state index is 0.0439. The lowest BCUT2D eigenvalue weighted by Crippen LogP contribution is -2.36. The molecule has 0 aromatic heterocycles. The zero-order valence-electron chi connectivity index (χ0n) is 19.0. The Balaban J connectivity index is 1.75. The van der Waals surface area contributed by atoms with Gasteiger partial charge in [-0.15, -0.1) is 0 Å². The summed E-state index contributed by atoms with van der Waals surface area (Å²) in [5.41, 5.74) is 4.46. The van der Waals surface area contributed by atoms with E-state index in [0.717, 1.165) is 40.9 Å². The molecule has 164 valence electrons. The fourth-order valence-electron chi connectivity index (χ4n) is 4.11. The maximum atomic E-state index is 12.9. The van der Waals surface area contributed by atoms with Crippen molar-refractivity contribution in [3.05, 3.63) is 102 Å². The number of hydrogen-bond donors (Lipinski definition) is 0. The van der Waals surface area contributed by atoms with Crippen molar-refractivity contribution in [2.75, 3.05) is 6.54 Å². The normalized spacial score (nSPS) is 16.0. The van der Waals surface area contributed by atoms with Crippen LogP contribution in [0.2, 0.25) is 0 Å². The molecule has 0 unspecified atom stereocenters. The SMILES string of the molecule is CC(C)(C)OC(=O)N1CCC[C@H]1c1ccccc1N=C(c1ccccc1)c1ccccc1. The van der Waals surface area contributed by atoms with Gasteiger partial charge in [0.15, 0.2) is 0 Å². The van der Waals surface area contributed by atoms with Crippen LogP contribution in [-0.2, 0) is 4.74 Å². The Bertz CT molecular complexity index is 1040. The lowest BCUT2D eigenvalue weighted by molar-refractivity contribution is 0.0225. The third kappa shape index (κ3) is 5.08. The van der Waals surface area contributed by atoms with E-state index in [4.69, 9.17) is 9.73 Å². The summed E-state index contributed by atoms with van der Waals surface area (Å²) in [5.74, 6) is 0. The van der Waals surface area contributed by atoms with E-state index in [1.165, 1.54) is 0 Å². The van der Waals surface area contributed by atoms with Crippen molar-refractivity contribution in [3.8, 4) is 0 Å². The molecule has 3 aromatic carbocycles. The van der Waals surface area contributed by atoms with Crippen molar-refractivity contribution in [2.24, 2.45) is 4.99 Å². The fraction of sp³-hybridized carbons (Fsp3) is 0.286. The number of likely N-dealkylation sites (tertiary alicyclic amines) is 1. The van der Waals surface area contributed by atoms with Crippen LogP contribution in [0.15, 0.2) is 89.9 Å². The van der Waals surface area contributed by atoms with Gasteiger partial charge >= 0.3 is 6.09 Å². The van der Waals surface area contributed by atoms with E-state index in [1.54, 1.807) is 0 Å². The Morgan fingerprint density at radius 3 is 2.03 bits per heavy atom. The maximum Gasteiger partial charge on any atom is 0.410 e. The lowest BCUT2D eigenvalue weighted by Gasteiger charge is -2.29. The molecule has 0 bridgehead atoms. The van der Waals surface area contributed by atoms with Crippen LogP contribution in [0.3, 0.4) is 0 Å². The number of para-hydroxylation sites is 1. The number of hydrogen-bond acceptors (Lipinski definition) is 3. The molecule has 1 aliphatic heterocycles. The van der Waals surface area contributed by atoms with Crippen LogP contribution in [0.5, 0.6) is 0 Å². The topological polar surface area (TPSA) is 41.9 Å². The highest BCUT2D eigenvalue weighted by Crippen LogP contribution is 2.38. The number of nitrogens with zero attached hydrogens (tertiary/aromatic N) is 2. The number of carbonyl (C=O) groups is 1. The van der Waals surface area contributed by atoms with Gasteiger partial charge in [-0.3, -0.25) is 0 Å². The molecule has 0 spiro atoms. The van der Waals surface area contributed by atoms with Gasteiger partial charge in [0.25, 0.3) is 0 Å². The molecule has 1 heterocycles. The number of benzene rings is 3. The smallest absolute Gasteiger partial charge is 0.410 e. The predicted octanol–water partition coefficient (Wildman–Crippen LogP) is 6.93. The van der Waals surface area contributed by atoms with E-state index in [1.807, 2.05) is 80.3 Å². The first-order chi connectivity index (χ1) is 15.4. The number of aliphatic imine (C=N–C) groups is 1. The van der Waals surface area contributed by atoms with Gasteiger partial charge in [0, 0.05) is 23.2 Å². The molecule has 1 atom stereocenters. The van der Waals surface area contributed by atoms with Crippen LogP contribution in [0.1, 0.15) is 56.3 Å². The Hall–Kier alpha value is -3.40. The minimum Gasteiger partial charge on any atom is -0.444 e. The highest BCUT2D eigenvalue weighted by Gasteiger charge is 2.34. The highest BCUT2D eigenvalue weighted by molar-refractivity contribution is 6.14. The first kappa shape index (κ1) is 21.8. The average molecular weight is 427 g/mol. The zero-order valence-corrected chi connectivity index (χ0v) is 19.0. The van der Waals surface area contributed by atoms with Crippen molar-refractivity contribution in [3.63, 3.8) is 0 Å².